The summed E-state index contributed by atoms with van der Waals surface area (Å²) in [5.41, 5.74) is 12.6. The number of nitrogens with one attached hydrogen (secondary N) is 1. The number of ether oxygens (including phenoxy) is 1. The predicted molar refractivity (Wildman–Crippen MR) is 73.5 cm³/mol. The molecule has 1 rings (SSSR count). The van der Waals surface area contributed by atoms with Gasteiger partial charge in [0.05, 0.1) is 18.2 Å². The Morgan fingerprint density at radius 1 is 1.44 bits per heavy atom. The van der Waals surface area contributed by atoms with Crippen LogP contribution in [0.15, 0.2) is 18.2 Å². The van der Waals surface area contributed by atoms with Crippen LogP contribution in [-0.2, 0) is 4.74 Å². The van der Waals surface area contributed by atoms with Crippen molar-refractivity contribution in [3.63, 3.8) is 0 Å². The Morgan fingerprint density at radius 2 is 2.11 bits per heavy atom. The number of primary amides is 1. The molecule has 0 saturated carbocycles. The zero-order valence-corrected chi connectivity index (χ0v) is 11.1. The Kier molecular flexibility index (Phi) is 4.97. The van der Waals surface area contributed by atoms with Gasteiger partial charge in [0.2, 0.25) is 0 Å². The van der Waals surface area contributed by atoms with Gasteiger partial charge in [-0.2, -0.15) is 0 Å². The van der Waals surface area contributed by atoms with Crippen molar-refractivity contribution >= 4 is 17.3 Å². The van der Waals surface area contributed by atoms with Crippen LogP contribution in [0, 0.1) is 5.92 Å². The number of nitrogen functional groups attached to an aromatic ring is 1. The van der Waals surface area contributed by atoms with E-state index >= 15 is 0 Å². The molecular formula is C13H21N3O2. The average molecular weight is 251 g/mol. The molecule has 0 aliphatic heterocycles. The highest BCUT2D eigenvalue weighted by Gasteiger charge is 2.16. The fourth-order valence-corrected chi connectivity index (χ4v) is 1.67. The summed E-state index contributed by atoms with van der Waals surface area (Å²) < 4.78 is 5.16. The molecule has 0 spiro atoms. The SMILES string of the molecule is COCC(Nc1ccc(N)cc1C(N)=O)C(C)C. The van der Waals surface area contributed by atoms with Gasteiger partial charge in [-0.05, 0) is 24.1 Å². The van der Waals surface area contributed by atoms with Crippen molar-refractivity contribution in [2.24, 2.45) is 11.7 Å². The van der Waals surface area contributed by atoms with E-state index in [4.69, 9.17) is 16.2 Å². The van der Waals surface area contributed by atoms with Crippen molar-refractivity contribution < 1.29 is 9.53 Å². The van der Waals surface area contributed by atoms with Crippen LogP contribution in [0.1, 0.15) is 24.2 Å². The summed E-state index contributed by atoms with van der Waals surface area (Å²) in [6.45, 7) is 4.72. The van der Waals surface area contributed by atoms with Crippen LogP contribution >= 0.6 is 0 Å². The molecule has 0 heterocycles. The van der Waals surface area contributed by atoms with Gasteiger partial charge in [0, 0.05) is 18.5 Å². The molecule has 5 nitrogen and oxygen atoms in total. The topological polar surface area (TPSA) is 90.4 Å². The first-order valence-electron chi connectivity index (χ1n) is 5.90. The van der Waals surface area contributed by atoms with Crippen LogP contribution in [0.3, 0.4) is 0 Å². The highest BCUT2D eigenvalue weighted by Crippen LogP contribution is 2.21. The van der Waals surface area contributed by atoms with Crippen molar-refractivity contribution in [1.29, 1.82) is 0 Å². The molecule has 18 heavy (non-hydrogen) atoms. The van der Waals surface area contributed by atoms with Gasteiger partial charge in [0.1, 0.15) is 0 Å². The third kappa shape index (κ3) is 3.63. The molecule has 0 fully saturated rings. The van der Waals surface area contributed by atoms with Gasteiger partial charge in [0.15, 0.2) is 0 Å². The summed E-state index contributed by atoms with van der Waals surface area (Å²) in [7, 11) is 1.65. The molecule has 1 aromatic rings. The van der Waals surface area contributed by atoms with Gasteiger partial charge in [-0.25, -0.2) is 0 Å². The molecule has 0 radical (unpaired) electrons. The average Bonchev–Trinajstić information content (AvgIpc) is 2.30. The monoisotopic (exact) mass is 251 g/mol. The van der Waals surface area contributed by atoms with E-state index in [1.807, 2.05) is 0 Å². The number of nitrogens with two attached hydrogens (primary N) is 2. The highest BCUT2D eigenvalue weighted by molar-refractivity contribution is 5.99. The van der Waals surface area contributed by atoms with Crippen molar-refractivity contribution in [2.45, 2.75) is 19.9 Å². The lowest BCUT2D eigenvalue weighted by Gasteiger charge is -2.24. The molecule has 1 atom stereocenters. The normalized spacial score (nSPS) is 12.4. The zero-order chi connectivity index (χ0) is 13.7. The molecule has 1 aromatic carbocycles. The van der Waals surface area contributed by atoms with E-state index in [0.29, 0.717) is 29.5 Å². The third-order valence-corrected chi connectivity index (χ3v) is 2.80. The predicted octanol–water partition coefficient (Wildman–Crippen LogP) is 1.45. The highest BCUT2D eigenvalue weighted by atomic mass is 16.5. The maximum atomic E-state index is 11.4. The van der Waals surface area contributed by atoms with E-state index < -0.39 is 5.91 Å². The van der Waals surface area contributed by atoms with E-state index in [1.165, 1.54) is 0 Å². The number of anilines is 2. The van der Waals surface area contributed by atoms with Crippen LogP contribution in [0.2, 0.25) is 0 Å². The van der Waals surface area contributed by atoms with Gasteiger partial charge in [-0.15, -0.1) is 0 Å². The van der Waals surface area contributed by atoms with E-state index in [9.17, 15) is 4.79 Å². The zero-order valence-electron chi connectivity index (χ0n) is 11.1. The summed E-state index contributed by atoms with van der Waals surface area (Å²) in [6, 6.07) is 5.19. The van der Waals surface area contributed by atoms with E-state index in [0.717, 1.165) is 0 Å². The smallest absolute Gasteiger partial charge is 0.250 e. The van der Waals surface area contributed by atoms with Crippen LogP contribution in [0.5, 0.6) is 0 Å². The summed E-state index contributed by atoms with van der Waals surface area (Å²) in [5.74, 6) is -0.132. The lowest BCUT2D eigenvalue weighted by atomic mass is 10.0. The van der Waals surface area contributed by atoms with Crippen LogP contribution in [0.25, 0.3) is 0 Å². The maximum absolute atomic E-state index is 11.4. The standard InChI is InChI=1S/C13H21N3O2/c1-8(2)12(7-18-3)16-11-5-4-9(14)6-10(11)13(15)17/h4-6,8,12,16H,7,14H2,1-3H3,(H2,15,17). The first kappa shape index (κ1) is 14.3. The van der Waals surface area contributed by atoms with Crippen LogP contribution in [-0.4, -0.2) is 25.7 Å². The minimum atomic E-state index is -0.496. The third-order valence-electron chi connectivity index (χ3n) is 2.80. The molecule has 0 saturated heterocycles. The van der Waals surface area contributed by atoms with Crippen LogP contribution in [0.4, 0.5) is 11.4 Å². The minimum Gasteiger partial charge on any atom is -0.399 e. The molecule has 0 aromatic heterocycles. The lowest BCUT2D eigenvalue weighted by molar-refractivity contribution is 0.100. The number of carbonyl (C=O) groups excluding carboxylic acids is 1. The van der Waals surface area contributed by atoms with Gasteiger partial charge in [-0.3, -0.25) is 4.79 Å². The number of hydrogen-bond donors (Lipinski definition) is 3. The first-order valence-corrected chi connectivity index (χ1v) is 5.90. The number of amides is 1. The van der Waals surface area contributed by atoms with Gasteiger partial charge in [0.25, 0.3) is 5.91 Å². The minimum absolute atomic E-state index is 0.108. The number of methoxy groups -OCH3 is 1. The Hall–Kier alpha value is -1.75. The van der Waals surface area contributed by atoms with E-state index in [1.54, 1.807) is 25.3 Å². The second-order valence-electron chi connectivity index (χ2n) is 4.62. The van der Waals surface area contributed by atoms with Crippen molar-refractivity contribution in [2.75, 3.05) is 24.8 Å². The quantitative estimate of drug-likeness (QED) is 0.667. The maximum Gasteiger partial charge on any atom is 0.250 e. The lowest BCUT2D eigenvalue weighted by Crippen LogP contribution is -2.31. The molecule has 0 aliphatic rings. The van der Waals surface area contributed by atoms with Gasteiger partial charge >= 0.3 is 0 Å². The summed E-state index contributed by atoms with van der Waals surface area (Å²) in [5, 5.41) is 3.28. The summed E-state index contributed by atoms with van der Waals surface area (Å²) in [6.07, 6.45) is 0. The Bertz CT molecular complexity index is 419. The second-order valence-corrected chi connectivity index (χ2v) is 4.62. The van der Waals surface area contributed by atoms with Gasteiger partial charge in [-0.1, -0.05) is 13.8 Å². The molecule has 0 bridgehead atoms. The van der Waals surface area contributed by atoms with Crippen LogP contribution < -0.4 is 16.8 Å². The van der Waals surface area contributed by atoms with Crippen molar-refractivity contribution in [3.05, 3.63) is 23.8 Å². The number of carbonyl (C=O) groups is 1. The fourth-order valence-electron chi connectivity index (χ4n) is 1.67. The molecule has 100 valence electrons. The Balaban J connectivity index is 2.98. The Labute approximate surface area is 107 Å². The fraction of sp³-hybridized carbons (Fsp3) is 0.462. The number of benzene rings is 1. The largest absolute Gasteiger partial charge is 0.399 e. The van der Waals surface area contributed by atoms with Crippen molar-refractivity contribution in [3.8, 4) is 0 Å². The summed E-state index contributed by atoms with van der Waals surface area (Å²) >= 11 is 0. The molecular weight excluding hydrogens is 230 g/mol. The second kappa shape index (κ2) is 6.26. The Morgan fingerprint density at radius 3 is 2.61 bits per heavy atom. The van der Waals surface area contributed by atoms with Gasteiger partial charge < -0.3 is 21.5 Å². The molecule has 5 N–H and O–H groups in total. The number of hydrogen-bond acceptors (Lipinski definition) is 4. The molecule has 1 unspecified atom stereocenters. The van der Waals surface area contributed by atoms with E-state index in [-0.39, 0.29) is 6.04 Å². The number of rotatable bonds is 6. The first-order chi connectivity index (χ1) is 8.45. The van der Waals surface area contributed by atoms with Crippen molar-refractivity contribution in [1.82, 2.24) is 0 Å². The summed E-state index contributed by atoms with van der Waals surface area (Å²) in [4.78, 5) is 11.4. The van der Waals surface area contributed by atoms with E-state index in [2.05, 4.69) is 19.2 Å². The molecule has 1 amide bonds. The molecule has 5 heteroatoms. The molecule has 0 aliphatic carbocycles.